The fraction of sp³-hybridized carbons (Fsp3) is 0.222. The summed E-state index contributed by atoms with van der Waals surface area (Å²) in [7, 11) is 0. The Morgan fingerprint density at radius 3 is 2.33 bits per heavy atom. The second-order valence-electron chi connectivity index (χ2n) is 5.57. The summed E-state index contributed by atoms with van der Waals surface area (Å²) in [6.07, 6.45) is 0. The average molecular weight is 340 g/mol. The first-order chi connectivity index (χ1) is 11.7. The average Bonchev–Trinajstić information content (AvgIpc) is 2.97. The van der Waals surface area contributed by atoms with Crippen molar-refractivity contribution in [1.82, 2.24) is 14.8 Å². The fourth-order valence-corrected chi connectivity index (χ4v) is 2.69. The van der Waals surface area contributed by atoms with E-state index in [1.165, 1.54) is 0 Å². The Morgan fingerprint density at radius 1 is 1.04 bits per heavy atom. The van der Waals surface area contributed by atoms with Crippen LogP contribution in [0.3, 0.4) is 0 Å². The lowest BCUT2D eigenvalue weighted by molar-refractivity contribution is 0.105. The lowest BCUT2D eigenvalue weighted by Crippen LogP contribution is -2.22. The van der Waals surface area contributed by atoms with Crippen molar-refractivity contribution in [2.75, 3.05) is 6.61 Å². The standard InChI is InChI=1S/C18H20N4OS/c19-16(13-23-12-15-9-5-2-6-10-15)17-20-21-18(24)22(17)11-14-7-3-1-4-8-14/h1-10,16H,11-13,19H2,(H,21,24)/t16-/m1/s1. The van der Waals surface area contributed by atoms with E-state index in [0.29, 0.717) is 30.4 Å². The van der Waals surface area contributed by atoms with Crippen LogP contribution in [0.1, 0.15) is 23.0 Å². The second kappa shape index (κ2) is 8.01. The van der Waals surface area contributed by atoms with Crippen molar-refractivity contribution in [2.45, 2.75) is 19.2 Å². The minimum Gasteiger partial charge on any atom is -0.375 e. The lowest BCUT2D eigenvalue weighted by atomic mass is 10.2. The van der Waals surface area contributed by atoms with Gasteiger partial charge in [0.15, 0.2) is 10.6 Å². The smallest absolute Gasteiger partial charge is 0.195 e. The number of aromatic nitrogens is 3. The Hall–Kier alpha value is -2.28. The molecule has 0 unspecified atom stereocenters. The normalized spacial score (nSPS) is 12.2. The molecule has 0 aliphatic carbocycles. The fourth-order valence-electron chi connectivity index (χ4n) is 2.48. The predicted octanol–water partition coefficient (Wildman–Crippen LogP) is 3.21. The number of H-pyrrole nitrogens is 1. The third-order valence-electron chi connectivity index (χ3n) is 3.71. The molecule has 0 spiro atoms. The van der Waals surface area contributed by atoms with Crippen LogP contribution in [-0.2, 0) is 17.9 Å². The first-order valence-corrected chi connectivity index (χ1v) is 8.21. The molecular formula is C18H20N4OS. The lowest BCUT2D eigenvalue weighted by Gasteiger charge is -2.14. The number of nitrogens with two attached hydrogens (primary N) is 1. The van der Waals surface area contributed by atoms with Gasteiger partial charge in [-0.2, -0.15) is 5.10 Å². The molecule has 0 aliphatic heterocycles. The summed E-state index contributed by atoms with van der Waals surface area (Å²) in [5.74, 6) is 0.705. The van der Waals surface area contributed by atoms with Gasteiger partial charge in [0.1, 0.15) is 0 Å². The molecule has 0 radical (unpaired) electrons. The molecule has 1 atom stereocenters. The van der Waals surface area contributed by atoms with Gasteiger partial charge in [0, 0.05) is 0 Å². The number of hydrogen-bond donors (Lipinski definition) is 2. The van der Waals surface area contributed by atoms with Crippen molar-refractivity contribution >= 4 is 12.2 Å². The van der Waals surface area contributed by atoms with E-state index in [1.54, 1.807) is 0 Å². The van der Waals surface area contributed by atoms with Crippen LogP contribution in [0.25, 0.3) is 0 Å². The van der Waals surface area contributed by atoms with Crippen molar-refractivity contribution in [3.05, 3.63) is 82.4 Å². The number of nitrogens with one attached hydrogen (secondary N) is 1. The van der Waals surface area contributed by atoms with Gasteiger partial charge in [-0.25, -0.2) is 0 Å². The number of aromatic amines is 1. The zero-order valence-electron chi connectivity index (χ0n) is 13.3. The summed E-state index contributed by atoms with van der Waals surface area (Å²) in [4.78, 5) is 0. The van der Waals surface area contributed by atoms with Gasteiger partial charge in [-0.15, -0.1) is 0 Å². The molecule has 1 heterocycles. The third kappa shape index (κ3) is 4.17. The maximum atomic E-state index is 6.25. The van der Waals surface area contributed by atoms with Gasteiger partial charge in [-0.3, -0.25) is 9.67 Å². The number of benzene rings is 2. The van der Waals surface area contributed by atoms with Gasteiger partial charge in [-0.05, 0) is 23.3 Å². The molecule has 6 heteroatoms. The minimum atomic E-state index is -0.342. The van der Waals surface area contributed by atoms with Crippen LogP contribution in [0.15, 0.2) is 60.7 Å². The number of ether oxygens (including phenoxy) is 1. The molecule has 1 aromatic heterocycles. The van der Waals surface area contributed by atoms with Gasteiger partial charge < -0.3 is 10.5 Å². The van der Waals surface area contributed by atoms with Gasteiger partial charge >= 0.3 is 0 Å². The number of rotatable bonds is 7. The largest absolute Gasteiger partial charge is 0.375 e. The molecule has 0 fully saturated rings. The van der Waals surface area contributed by atoms with Gasteiger partial charge in [0.05, 0.1) is 25.8 Å². The maximum absolute atomic E-state index is 6.25. The van der Waals surface area contributed by atoms with E-state index in [4.69, 9.17) is 22.7 Å². The van der Waals surface area contributed by atoms with E-state index in [9.17, 15) is 0 Å². The third-order valence-corrected chi connectivity index (χ3v) is 4.02. The van der Waals surface area contributed by atoms with Crippen molar-refractivity contribution < 1.29 is 4.74 Å². The molecule has 0 aliphatic rings. The molecule has 5 nitrogen and oxygen atoms in total. The van der Waals surface area contributed by atoms with Crippen LogP contribution in [0.2, 0.25) is 0 Å². The van der Waals surface area contributed by atoms with Crippen LogP contribution in [0.4, 0.5) is 0 Å². The summed E-state index contributed by atoms with van der Waals surface area (Å²) in [6, 6.07) is 19.8. The van der Waals surface area contributed by atoms with E-state index in [1.807, 2.05) is 53.1 Å². The summed E-state index contributed by atoms with van der Waals surface area (Å²) in [5.41, 5.74) is 8.52. The van der Waals surface area contributed by atoms with Crippen LogP contribution in [0.5, 0.6) is 0 Å². The van der Waals surface area contributed by atoms with Crippen molar-refractivity contribution in [2.24, 2.45) is 5.73 Å². The molecule has 3 rings (SSSR count). The summed E-state index contributed by atoms with van der Waals surface area (Å²) in [6.45, 7) is 1.54. The second-order valence-corrected chi connectivity index (χ2v) is 5.95. The first-order valence-electron chi connectivity index (χ1n) is 7.80. The van der Waals surface area contributed by atoms with E-state index in [2.05, 4.69) is 22.3 Å². The monoisotopic (exact) mass is 340 g/mol. The molecule has 0 amide bonds. The highest BCUT2D eigenvalue weighted by molar-refractivity contribution is 7.71. The molecule has 2 aromatic carbocycles. The van der Waals surface area contributed by atoms with Gasteiger partial charge in [-0.1, -0.05) is 60.7 Å². The Balaban J connectivity index is 1.65. The molecule has 24 heavy (non-hydrogen) atoms. The minimum absolute atomic E-state index is 0.342. The summed E-state index contributed by atoms with van der Waals surface area (Å²) < 4.78 is 8.20. The zero-order valence-corrected chi connectivity index (χ0v) is 14.1. The molecule has 3 aromatic rings. The van der Waals surface area contributed by atoms with Crippen LogP contribution < -0.4 is 5.73 Å². The molecule has 0 bridgehead atoms. The van der Waals surface area contributed by atoms with Gasteiger partial charge in [0.2, 0.25) is 0 Å². The number of hydrogen-bond acceptors (Lipinski definition) is 4. The van der Waals surface area contributed by atoms with Gasteiger partial charge in [0.25, 0.3) is 0 Å². The summed E-state index contributed by atoms with van der Waals surface area (Å²) >= 11 is 5.33. The van der Waals surface area contributed by atoms with Crippen molar-refractivity contribution in [3.63, 3.8) is 0 Å². The van der Waals surface area contributed by atoms with E-state index < -0.39 is 0 Å². The Labute approximate surface area is 146 Å². The Kier molecular flexibility index (Phi) is 5.53. The van der Waals surface area contributed by atoms with E-state index in [0.717, 1.165) is 11.1 Å². The van der Waals surface area contributed by atoms with E-state index in [-0.39, 0.29) is 6.04 Å². The maximum Gasteiger partial charge on any atom is 0.195 e. The molecule has 0 saturated heterocycles. The Morgan fingerprint density at radius 2 is 1.67 bits per heavy atom. The first kappa shape index (κ1) is 16.6. The quantitative estimate of drug-likeness (QED) is 0.648. The zero-order chi connectivity index (χ0) is 16.8. The van der Waals surface area contributed by atoms with Crippen LogP contribution in [-0.4, -0.2) is 21.4 Å². The summed E-state index contributed by atoms with van der Waals surface area (Å²) in [5, 5.41) is 7.10. The highest BCUT2D eigenvalue weighted by Gasteiger charge is 2.15. The molecular weight excluding hydrogens is 320 g/mol. The highest BCUT2D eigenvalue weighted by Crippen LogP contribution is 2.12. The molecule has 124 valence electrons. The molecule has 3 N–H and O–H groups in total. The molecule has 0 saturated carbocycles. The number of nitrogens with zero attached hydrogens (tertiary/aromatic N) is 2. The highest BCUT2D eigenvalue weighted by atomic mass is 32.1. The van der Waals surface area contributed by atoms with Crippen molar-refractivity contribution in [1.29, 1.82) is 0 Å². The SMILES string of the molecule is N[C@H](COCc1ccccc1)c1n[nH]c(=S)n1Cc1ccccc1. The van der Waals surface area contributed by atoms with Crippen LogP contribution >= 0.6 is 12.2 Å². The van der Waals surface area contributed by atoms with E-state index >= 15 is 0 Å². The predicted molar refractivity (Wildman–Crippen MR) is 96.0 cm³/mol. The van der Waals surface area contributed by atoms with Crippen molar-refractivity contribution in [3.8, 4) is 0 Å². The Bertz CT molecular complexity index is 814. The topological polar surface area (TPSA) is 68.9 Å². The van der Waals surface area contributed by atoms with Crippen LogP contribution in [0, 0.1) is 4.77 Å².